The summed E-state index contributed by atoms with van der Waals surface area (Å²) < 4.78 is 42.8. The second-order valence-electron chi connectivity index (χ2n) is 12.4. The predicted molar refractivity (Wildman–Crippen MR) is 164 cm³/mol. The van der Waals surface area contributed by atoms with Gasteiger partial charge in [-0.3, -0.25) is 13.6 Å². The fourth-order valence-corrected chi connectivity index (χ4v) is 6.32. The van der Waals surface area contributed by atoms with Crippen LogP contribution in [0.2, 0.25) is 0 Å². The van der Waals surface area contributed by atoms with Gasteiger partial charge in [0.15, 0.2) is 5.90 Å². The maximum Gasteiger partial charge on any atom is 0.475 e. The van der Waals surface area contributed by atoms with Gasteiger partial charge in [0, 0.05) is 6.92 Å². The summed E-state index contributed by atoms with van der Waals surface area (Å²) in [5, 5.41) is 0. The number of rotatable bonds is 11. The van der Waals surface area contributed by atoms with E-state index in [2.05, 4.69) is 36.4 Å². The van der Waals surface area contributed by atoms with E-state index in [1.54, 1.807) is 0 Å². The molecule has 41 heavy (non-hydrogen) atoms. The minimum Gasteiger partial charge on any atom is -0.479 e. The third kappa shape index (κ3) is 9.54. The lowest BCUT2D eigenvalue weighted by Gasteiger charge is -2.33. The van der Waals surface area contributed by atoms with E-state index in [1.807, 2.05) is 90.9 Å². The molecule has 0 aromatic heterocycles. The van der Waals surface area contributed by atoms with Crippen LogP contribution in [-0.2, 0) is 29.3 Å². The van der Waals surface area contributed by atoms with Crippen molar-refractivity contribution in [2.24, 2.45) is 4.99 Å². The van der Waals surface area contributed by atoms with Crippen molar-refractivity contribution in [3.05, 3.63) is 84.4 Å². The van der Waals surface area contributed by atoms with Crippen molar-refractivity contribution in [2.75, 3.05) is 13.2 Å². The van der Waals surface area contributed by atoms with Crippen molar-refractivity contribution in [3.63, 3.8) is 0 Å². The number of aliphatic imine (C=N–C) groups is 1. The Bertz CT molecular complexity index is 1340. The van der Waals surface area contributed by atoms with Crippen LogP contribution in [-0.4, -0.2) is 35.9 Å². The molecule has 1 heterocycles. The van der Waals surface area contributed by atoms with Gasteiger partial charge >= 0.3 is 7.82 Å². The molecule has 1 aliphatic heterocycles. The quantitative estimate of drug-likeness (QED) is 0.211. The highest BCUT2D eigenvalue weighted by Crippen LogP contribution is 2.56. The van der Waals surface area contributed by atoms with Gasteiger partial charge in [0.1, 0.15) is 23.6 Å². The Morgan fingerprint density at radius 1 is 0.805 bits per heavy atom. The lowest BCUT2D eigenvalue weighted by Crippen LogP contribution is -2.36. The van der Waals surface area contributed by atoms with E-state index in [0.29, 0.717) is 18.9 Å². The van der Waals surface area contributed by atoms with Crippen LogP contribution in [0.5, 0.6) is 11.5 Å². The van der Waals surface area contributed by atoms with Crippen molar-refractivity contribution >= 4 is 13.7 Å². The van der Waals surface area contributed by atoms with Crippen LogP contribution in [0.4, 0.5) is 0 Å². The van der Waals surface area contributed by atoms with Crippen molar-refractivity contribution in [3.8, 4) is 22.6 Å². The monoisotopic (exact) mass is 579 g/mol. The molecule has 220 valence electrons. The second-order valence-corrected chi connectivity index (χ2v) is 13.9. The zero-order chi connectivity index (χ0) is 29.7. The molecule has 0 spiro atoms. The molecule has 8 heteroatoms. The molecule has 1 unspecified atom stereocenters. The van der Waals surface area contributed by atoms with Gasteiger partial charge in [0.25, 0.3) is 0 Å². The van der Waals surface area contributed by atoms with Crippen LogP contribution >= 0.6 is 7.82 Å². The van der Waals surface area contributed by atoms with Crippen molar-refractivity contribution in [1.29, 1.82) is 0 Å². The lowest BCUT2D eigenvalue weighted by atomic mass is 9.93. The topological polar surface area (TPSA) is 75.6 Å². The lowest BCUT2D eigenvalue weighted by molar-refractivity contribution is -0.00465. The maximum absolute atomic E-state index is 13.6. The average molecular weight is 580 g/mol. The maximum atomic E-state index is 13.6. The highest BCUT2D eigenvalue weighted by Gasteiger charge is 2.43. The van der Waals surface area contributed by atoms with Gasteiger partial charge in [-0.25, -0.2) is 9.56 Å². The fraction of sp³-hybridized carbons (Fsp3) is 0.424. The first kappa shape index (κ1) is 31.0. The zero-order valence-corrected chi connectivity index (χ0v) is 26.1. The summed E-state index contributed by atoms with van der Waals surface area (Å²) in [7, 11) is -3.87. The third-order valence-electron chi connectivity index (χ3n) is 6.21. The molecular weight excluding hydrogens is 537 g/mol. The first-order chi connectivity index (χ1) is 19.2. The van der Waals surface area contributed by atoms with Gasteiger partial charge in [0.05, 0.1) is 17.8 Å². The fourth-order valence-electron chi connectivity index (χ4n) is 4.43. The Labute approximate surface area is 244 Å². The molecule has 0 radical (unpaired) electrons. The highest BCUT2D eigenvalue weighted by molar-refractivity contribution is 7.48. The molecule has 0 amide bonds. The zero-order valence-electron chi connectivity index (χ0n) is 25.2. The molecule has 0 N–H and O–H groups in total. The van der Waals surface area contributed by atoms with Crippen molar-refractivity contribution in [2.45, 2.75) is 78.0 Å². The van der Waals surface area contributed by atoms with Gasteiger partial charge in [-0.1, -0.05) is 54.6 Å². The number of hydrogen-bond acceptors (Lipinski definition) is 7. The molecule has 0 bridgehead atoms. The molecule has 3 aromatic rings. The van der Waals surface area contributed by atoms with Gasteiger partial charge in [0.2, 0.25) is 0 Å². The van der Waals surface area contributed by atoms with Crippen LogP contribution in [0.15, 0.2) is 83.9 Å². The van der Waals surface area contributed by atoms with E-state index in [1.165, 1.54) is 0 Å². The van der Waals surface area contributed by atoms with E-state index in [4.69, 9.17) is 28.0 Å². The minimum atomic E-state index is -3.87. The summed E-state index contributed by atoms with van der Waals surface area (Å²) >= 11 is 0. The molecule has 3 aromatic carbocycles. The molecule has 0 saturated carbocycles. The summed E-state index contributed by atoms with van der Waals surface area (Å²) in [6.45, 7) is 13.2. The summed E-state index contributed by atoms with van der Waals surface area (Å²) in [5.74, 6) is 2.20. The first-order valence-corrected chi connectivity index (χ1v) is 15.5. The van der Waals surface area contributed by atoms with E-state index >= 15 is 0 Å². The van der Waals surface area contributed by atoms with Crippen LogP contribution in [0.25, 0.3) is 11.1 Å². The average Bonchev–Trinajstić information content (AvgIpc) is 3.27. The molecule has 0 fully saturated rings. The van der Waals surface area contributed by atoms with Gasteiger partial charge in [-0.15, -0.1) is 0 Å². The van der Waals surface area contributed by atoms with Crippen LogP contribution in [0.1, 0.15) is 60.5 Å². The van der Waals surface area contributed by atoms with Gasteiger partial charge < -0.3 is 9.47 Å². The summed E-state index contributed by atoms with van der Waals surface area (Å²) in [5.41, 5.74) is 1.29. The number of phosphoric acid groups is 1. The van der Waals surface area contributed by atoms with E-state index < -0.39 is 24.6 Å². The molecule has 0 aliphatic carbocycles. The van der Waals surface area contributed by atoms with Crippen molar-refractivity contribution in [1.82, 2.24) is 0 Å². The number of para-hydroxylation sites is 1. The summed E-state index contributed by atoms with van der Waals surface area (Å²) in [6, 6.07) is 26.3. The standard InChI is InChI=1S/C33H42NO6P/c1-25-34-33(23-36-25,24-37-41(35,39-31(2,3)4)40-32(5,6)7)22-21-26-13-15-27(16-14-26)28-17-19-30(20-18-28)38-29-11-9-8-10-12-29/h8-20H,21-24H2,1-7H3. The summed E-state index contributed by atoms with van der Waals surface area (Å²) in [6.07, 6.45) is 1.40. The Kier molecular flexibility index (Phi) is 9.45. The van der Waals surface area contributed by atoms with Crippen LogP contribution in [0, 0.1) is 0 Å². The number of aryl methyl sites for hydroxylation is 1. The number of ether oxygens (including phenoxy) is 2. The number of benzene rings is 3. The van der Waals surface area contributed by atoms with E-state index in [9.17, 15) is 4.57 Å². The Hall–Kier alpha value is -2.96. The third-order valence-corrected chi connectivity index (χ3v) is 8.19. The summed E-state index contributed by atoms with van der Waals surface area (Å²) in [4.78, 5) is 4.76. The van der Waals surface area contributed by atoms with Crippen LogP contribution < -0.4 is 4.74 Å². The van der Waals surface area contributed by atoms with E-state index in [0.717, 1.165) is 34.6 Å². The SMILES string of the molecule is CC1=NC(CCc2ccc(-c3ccc(Oc4ccccc4)cc3)cc2)(COP(=O)(OC(C)(C)C)OC(C)(C)C)CO1. The van der Waals surface area contributed by atoms with Crippen LogP contribution in [0.3, 0.4) is 0 Å². The van der Waals surface area contributed by atoms with Crippen molar-refractivity contribution < 1.29 is 27.6 Å². The molecular formula is C33H42NO6P. The molecule has 1 aliphatic rings. The highest BCUT2D eigenvalue weighted by atomic mass is 31.2. The van der Waals surface area contributed by atoms with E-state index in [-0.39, 0.29) is 6.61 Å². The Morgan fingerprint density at radius 3 is 1.85 bits per heavy atom. The minimum absolute atomic E-state index is 0.0588. The predicted octanol–water partition coefficient (Wildman–Crippen LogP) is 9.02. The smallest absolute Gasteiger partial charge is 0.475 e. The number of phosphoric ester groups is 1. The number of hydrogen-bond donors (Lipinski definition) is 0. The largest absolute Gasteiger partial charge is 0.479 e. The van der Waals surface area contributed by atoms with Gasteiger partial charge in [-0.2, -0.15) is 0 Å². The Balaban J connectivity index is 1.40. The second kappa shape index (κ2) is 12.5. The molecule has 4 rings (SSSR count). The molecule has 1 atom stereocenters. The number of nitrogens with zero attached hydrogens (tertiary/aromatic N) is 1. The molecule has 0 saturated heterocycles. The molecule has 7 nitrogen and oxygen atoms in total. The van der Waals surface area contributed by atoms with Gasteiger partial charge in [-0.05, 0) is 95.3 Å². The Morgan fingerprint density at radius 2 is 1.34 bits per heavy atom. The normalized spacial score (nSPS) is 17.7. The first-order valence-electron chi connectivity index (χ1n) is 14.0.